The van der Waals surface area contributed by atoms with E-state index in [0.29, 0.717) is 12.5 Å². The SMILES string of the molecule is CCCOCC(=O)Nc1cccc(C(C)C)c1. The van der Waals surface area contributed by atoms with Crippen molar-refractivity contribution < 1.29 is 9.53 Å². The number of ether oxygens (including phenoxy) is 1. The van der Waals surface area contributed by atoms with Gasteiger partial charge in [-0.25, -0.2) is 0 Å². The molecule has 0 fully saturated rings. The molecule has 94 valence electrons. The number of hydrogen-bond acceptors (Lipinski definition) is 2. The van der Waals surface area contributed by atoms with Gasteiger partial charge in [0.1, 0.15) is 6.61 Å². The Labute approximate surface area is 103 Å². The van der Waals surface area contributed by atoms with Crippen LogP contribution in [0.1, 0.15) is 38.7 Å². The van der Waals surface area contributed by atoms with Crippen LogP contribution in [-0.4, -0.2) is 19.1 Å². The van der Waals surface area contributed by atoms with Gasteiger partial charge in [-0.2, -0.15) is 0 Å². The van der Waals surface area contributed by atoms with E-state index >= 15 is 0 Å². The molecule has 0 atom stereocenters. The molecule has 0 aliphatic carbocycles. The van der Waals surface area contributed by atoms with Crippen molar-refractivity contribution in [1.82, 2.24) is 0 Å². The van der Waals surface area contributed by atoms with Crippen molar-refractivity contribution in [2.45, 2.75) is 33.1 Å². The summed E-state index contributed by atoms with van der Waals surface area (Å²) < 4.78 is 5.18. The van der Waals surface area contributed by atoms with Crippen LogP contribution < -0.4 is 5.32 Å². The minimum atomic E-state index is -0.0978. The van der Waals surface area contributed by atoms with E-state index in [9.17, 15) is 4.79 Å². The summed E-state index contributed by atoms with van der Waals surface area (Å²) in [5, 5.41) is 2.83. The number of hydrogen-bond donors (Lipinski definition) is 1. The van der Waals surface area contributed by atoms with Gasteiger partial charge in [0.05, 0.1) is 0 Å². The second-order valence-corrected chi connectivity index (χ2v) is 4.38. The number of amides is 1. The van der Waals surface area contributed by atoms with E-state index in [1.54, 1.807) is 0 Å². The fourth-order valence-electron chi connectivity index (χ4n) is 1.48. The highest BCUT2D eigenvalue weighted by molar-refractivity contribution is 5.91. The lowest BCUT2D eigenvalue weighted by molar-refractivity contribution is -0.120. The first-order chi connectivity index (χ1) is 8.13. The van der Waals surface area contributed by atoms with Gasteiger partial charge >= 0.3 is 0 Å². The smallest absolute Gasteiger partial charge is 0.250 e. The zero-order chi connectivity index (χ0) is 12.7. The van der Waals surface area contributed by atoms with E-state index < -0.39 is 0 Å². The van der Waals surface area contributed by atoms with E-state index in [1.165, 1.54) is 5.56 Å². The normalized spacial score (nSPS) is 10.6. The molecule has 0 aliphatic rings. The van der Waals surface area contributed by atoms with Crippen molar-refractivity contribution in [3.63, 3.8) is 0 Å². The molecule has 0 unspecified atom stereocenters. The summed E-state index contributed by atoms with van der Waals surface area (Å²) in [6, 6.07) is 7.91. The number of rotatable bonds is 6. The Morgan fingerprint density at radius 1 is 1.41 bits per heavy atom. The Morgan fingerprint density at radius 2 is 2.18 bits per heavy atom. The van der Waals surface area contributed by atoms with Crippen LogP contribution in [-0.2, 0) is 9.53 Å². The summed E-state index contributed by atoms with van der Waals surface area (Å²) in [4.78, 5) is 11.5. The van der Waals surface area contributed by atoms with Crippen LogP contribution in [0.2, 0.25) is 0 Å². The zero-order valence-corrected chi connectivity index (χ0v) is 10.8. The molecule has 0 spiro atoms. The summed E-state index contributed by atoms with van der Waals surface area (Å²) >= 11 is 0. The van der Waals surface area contributed by atoms with Crippen LogP contribution in [0.25, 0.3) is 0 Å². The van der Waals surface area contributed by atoms with Crippen molar-refractivity contribution in [2.75, 3.05) is 18.5 Å². The zero-order valence-electron chi connectivity index (χ0n) is 10.8. The van der Waals surface area contributed by atoms with Gasteiger partial charge in [-0.15, -0.1) is 0 Å². The summed E-state index contributed by atoms with van der Waals surface area (Å²) in [7, 11) is 0. The number of benzene rings is 1. The average molecular weight is 235 g/mol. The summed E-state index contributed by atoms with van der Waals surface area (Å²) in [6.07, 6.45) is 0.927. The van der Waals surface area contributed by atoms with Gasteiger partial charge < -0.3 is 10.1 Å². The first-order valence-corrected chi connectivity index (χ1v) is 6.11. The highest BCUT2D eigenvalue weighted by atomic mass is 16.5. The fraction of sp³-hybridized carbons (Fsp3) is 0.500. The Balaban J connectivity index is 2.50. The van der Waals surface area contributed by atoms with E-state index in [4.69, 9.17) is 4.74 Å². The standard InChI is InChI=1S/C14H21NO2/c1-4-8-17-10-14(16)15-13-7-5-6-12(9-13)11(2)3/h5-7,9,11H,4,8,10H2,1-3H3,(H,15,16). The number of carbonyl (C=O) groups is 1. The Morgan fingerprint density at radius 3 is 2.82 bits per heavy atom. The largest absolute Gasteiger partial charge is 0.372 e. The maximum absolute atomic E-state index is 11.5. The highest BCUT2D eigenvalue weighted by Gasteiger charge is 2.04. The molecule has 0 aromatic heterocycles. The second-order valence-electron chi connectivity index (χ2n) is 4.38. The lowest BCUT2D eigenvalue weighted by atomic mass is 10.0. The van der Waals surface area contributed by atoms with E-state index in [2.05, 4.69) is 25.2 Å². The van der Waals surface area contributed by atoms with Crippen LogP contribution in [0.3, 0.4) is 0 Å². The molecular weight excluding hydrogens is 214 g/mol. The van der Waals surface area contributed by atoms with Crippen molar-refractivity contribution in [3.05, 3.63) is 29.8 Å². The Kier molecular flexibility index (Phi) is 5.70. The number of carbonyl (C=O) groups excluding carboxylic acids is 1. The quantitative estimate of drug-likeness (QED) is 0.769. The lowest BCUT2D eigenvalue weighted by Gasteiger charge is -2.09. The molecule has 0 bridgehead atoms. The molecule has 1 aromatic rings. The third-order valence-corrected chi connectivity index (χ3v) is 2.42. The molecule has 1 amide bonds. The highest BCUT2D eigenvalue weighted by Crippen LogP contribution is 2.18. The number of nitrogens with one attached hydrogen (secondary N) is 1. The van der Waals surface area contributed by atoms with Crippen molar-refractivity contribution in [3.8, 4) is 0 Å². The summed E-state index contributed by atoms with van der Waals surface area (Å²) in [6.45, 7) is 7.03. The minimum absolute atomic E-state index is 0.0978. The third kappa shape index (κ3) is 5.00. The van der Waals surface area contributed by atoms with Gasteiger partial charge in [0.15, 0.2) is 0 Å². The maximum atomic E-state index is 11.5. The van der Waals surface area contributed by atoms with Crippen molar-refractivity contribution in [2.24, 2.45) is 0 Å². The van der Waals surface area contributed by atoms with Crippen LogP contribution in [0, 0.1) is 0 Å². The molecule has 3 nitrogen and oxygen atoms in total. The van der Waals surface area contributed by atoms with Gasteiger partial charge in [-0.05, 0) is 30.0 Å². The predicted molar refractivity (Wildman–Crippen MR) is 70.3 cm³/mol. The minimum Gasteiger partial charge on any atom is -0.372 e. The second kappa shape index (κ2) is 7.07. The predicted octanol–water partition coefficient (Wildman–Crippen LogP) is 3.18. The van der Waals surface area contributed by atoms with E-state index in [1.807, 2.05) is 25.1 Å². The summed E-state index contributed by atoms with van der Waals surface area (Å²) in [5.41, 5.74) is 2.05. The van der Waals surface area contributed by atoms with Gasteiger partial charge in [0.25, 0.3) is 0 Å². The fourth-order valence-corrected chi connectivity index (χ4v) is 1.48. The summed E-state index contributed by atoms with van der Waals surface area (Å²) in [5.74, 6) is 0.363. The van der Waals surface area contributed by atoms with E-state index in [-0.39, 0.29) is 12.5 Å². The third-order valence-electron chi connectivity index (χ3n) is 2.42. The Hall–Kier alpha value is -1.35. The van der Waals surface area contributed by atoms with E-state index in [0.717, 1.165) is 12.1 Å². The lowest BCUT2D eigenvalue weighted by Crippen LogP contribution is -2.18. The molecule has 0 aliphatic heterocycles. The monoisotopic (exact) mass is 235 g/mol. The van der Waals surface area contributed by atoms with Crippen LogP contribution in [0.4, 0.5) is 5.69 Å². The molecule has 3 heteroatoms. The van der Waals surface area contributed by atoms with Crippen LogP contribution >= 0.6 is 0 Å². The molecule has 1 rings (SSSR count). The van der Waals surface area contributed by atoms with Crippen LogP contribution in [0.5, 0.6) is 0 Å². The average Bonchev–Trinajstić information content (AvgIpc) is 2.29. The Bertz CT molecular complexity index is 361. The van der Waals surface area contributed by atoms with Gasteiger partial charge in [-0.1, -0.05) is 32.9 Å². The molecule has 0 saturated heterocycles. The molecular formula is C14H21NO2. The first-order valence-electron chi connectivity index (χ1n) is 6.11. The maximum Gasteiger partial charge on any atom is 0.250 e. The van der Waals surface area contributed by atoms with Gasteiger partial charge in [0.2, 0.25) is 5.91 Å². The van der Waals surface area contributed by atoms with Crippen molar-refractivity contribution in [1.29, 1.82) is 0 Å². The van der Waals surface area contributed by atoms with Crippen LogP contribution in [0.15, 0.2) is 24.3 Å². The molecule has 0 radical (unpaired) electrons. The molecule has 1 N–H and O–H groups in total. The molecule has 0 heterocycles. The molecule has 0 saturated carbocycles. The van der Waals surface area contributed by atoms with Gasteiger partial charge in [0, 0.05) is 12.3 Å². The van der Waals surface area contributed by atoms with Crippen molar-refractivity contribution >= 4 is 11.6 Å². The van der Waals surface area contributed by atoms with Gasteiger partial charge in [-0.3, -0.25) is 4.79 Å². The topological polar surface area (TPSA) is 38.3 Å². The molecule has 1 aromatic carbocycles. The first kappa shape index (κ1) is 13.7. The molecule has 17 heavy (non-hydrogen) atoms. The number of anilines is 1.